The number of aromatic amines is 1. The van der Waals surface area contributed by atoms with E-state index in [2.05, 4.69) is 20.7 Å². The van der Waals surface area contributed by atoms with Crippen LogP contribution in [0, 0.1) is 11.3 Å². The Morgan fingerprint density at radius 2 is 1.89 bits per heavy atom. The Bertz CT molecular complexity index is 1270. The Kier molecular flexibility index (Phi) is 7.39. The zero-order chi connectivity index (χ0) is 27.0. The van der Waals surface area contributed by atoms with Crippen molar-refractivity contribution in [1.82, 2.24) is 30.4 Å². The number of nitrogens with one attached hydrogen (secondary N) is 3. The van der Waals surface area contributed by atoms with Gasteiger partial charge in [-0.1, -0.05) is 26.8 Å². The molecule has 0 bridgehead atoms. The van der Waals surface area contributed by atoms with E-state index in [1.165, 1.54) is 10.9 Å². The smallest absolute Gasteiger partial charge is 0.270 e. The quantitative estimate of drug-likeness (QED) is 0.403. The largest absolute Gasteiger partial charge is 0.350 e. The van der Waals surface area contributed by atoms with E-state index in [1.807, 2.05) is 45.9 Å². The Morgan fingerprint density at radius 3 is 2.51 bits per heavy atom. The van der Waals surface area contributed by atoms with E-state index in [9.17, 15) is 18.4 Å². The molecule has 0 unspecified atom stereocenters. The first-order valence-corrected chi connectivity index (χ1v) is 12.8. The number of H-pyrrole nitrogens is 1. The maximum absolute atomic E-state index is 13.9. The van der Waals surface area contributed by atoms with Crippen LogP contribution in [0.15, 0.2) is 30.5 Å². The highest BCUT2D eigenvalue weighted by atomic mass is 19.3. The van der Waals surface area contributed by atoms with Gasteiger partial charge in [-0.05, 0) is 54.9 Å². The van der Waals surface area contributed by atoms with Crippen LogP contribution in [0.3, 0.4) is 0 Å². The molecular weight excluding hydrogens is 478 g/mol. The minimum Gasteiger partial charge on any atom is -0.350 e. The molecular formula is C27H36F2N6O2. The summed E-state index contributed by atoms with van der Waals surface area (Å²) in [4.78, 5) is 33.5. The number of carbonyl (C=O) groups is 2. The first-order chi connectivity index (χ1) is 17.3. The highest BCUT2D eigenvalue weighted by Crippen LogP contribution is 2.41. The van der Waals surface area contributed by atoms with Crippen molar-refractivity contribution in [3.8, 4) is 0 Å². The predicted octanol–water partition coefficient (Wildman–Crippen LogP) is 5.21. The molecule has 0 aliphatic heterocycles. The third kappa shape index (κ3) is 6.53. The summed E-state index contributed by atoms with van der Waals surface area (Å²) in [6.45, 7) is 7.99. The molecule has 0 saturated heterocycles. The lowest BCUT2D eigenvalue weighted by Crippen LogP contribution is -2.38. The van der Waals surface area contributed by atoms with Crippen molar-refractivity contribution in [3.63, 3.8) is 0 Å². The molecule has 1 saturated carbocycles. The van der Waals surface area contributed by atoms with Crippen molar-refractivity contribution < 1.29 is 18.4 Å². The van der Waals surface area contributed by atoms with Gasteiger partial charge in [-0.2, -0.15) is 5.10 Å². The maximum atomic E-state index is 13.9. The number of aromatic nitrogens is 4. The van der Waals surface area contributed by atoms with Crippen LogP contribution in [0.25, 0.3) is 11.0 Å². The monoisotopic (exact) mass is 514 g/mol. The number of alkyl halides is 2. The average molecular weight is 515 g/mol. The van der Waals surface area contributed by atoms with Crippen LogP contribution in [0.5, 0.6) is 0 Å². The van der Waals surface area contributed by atoms with Crippen LogP contribution in [0.1, 0.15) is 93.8 Å². The lowest BCUT2D eigenvalue weighted by atomic mass is 9.81. The van der Waals surface area contributed by atoms with Gasteiger partial charge in [0.15, 0.2) is 0 Å². The molecule has 2 amide bonds. The van der Waals surface area contributed by atoms with E-state index in [1.54, 1.807) is 13.1 Å². The van der Waals surface area contributed by atoms with Gasteiger partial charge in [0.05, 0.1) is 23.1 Å². The molecule has 1 aliphatic carbocycles. The standard InChI is InChI=1S/C27H36F2N6O2/c1-16(31-22(36)15-26(2,3)4)18-6-7-19-20(14-18)33-24(32-19)23(17-8-11-27(28,29)12-9-17)34-25(37)21-10-13-30-35(21)5/h6-7,10,13-14,16-17,23H,8-9,11-12,15H2,1-5H3,(H,31,36)(H,32,33)(H,34,37)/t16-,23+/m1/s1. The van der Waals surface area contributed by atoms with Gasteiger partial charge in [-0.25, -0.2) is 13.8 Å². The molecule has 1 aliphatic rings. The van der Waals surface area contributed by atoms with E-state index >= 15 is 0 Å². The molecule has 3 aromatic rings. The minimum atomic E-state index is -2.68. The van der Waals surface area contributed by atoms with Gasteiger partial charge >= 0.3 is 0 Å². The summed E-state index contributed by atoms with van der Waals surface area (Å²) in [5.74, 6) is -2.69. The van der Waals surface area contributed by atoms with Crippen molar-refractivity contribution in [2.45, 2.75) is 77.8 Å². The summed E-state index contributed by atoms with van der Waals surface area (Å²) in [7, 11) is 1.68. The van der Waals surface area contributed by atoms with Gasteiger partial charge in [0, 0.05) is 32.5 Å². The summed E-state index contributed by atoms with van der Waals surface area (Å²) in [5.41, 5.74) is 2.64. The molecule has 0 spiro atoms. The first kappa shape index (κ1) is 26.8. The summed E-state index contributed by atoms with van der Waals surface area (Å²) in [6.07, 6.45) is 2.09. The Balaban J connectivity index is 1.58. The average Bonchev–Trinajstić information content (AvgIpc) is 3.41. The maximum Gasteiger partial charge on any atom is 0.270 e. The third-order valence-electron chi connectivity index (χ3n) is 6.96. The summed E-state index contributed by atoms with van der Waals surface area (Å²) >= 11 is 0. The molecule has 2 heterocycles. The number of aryl methyl sites for hydroxylation is 1. The Labute approximate surface area is 215 Å². The van der Waals surface area contributed by atoms with Crippen LogP contribution in [-0.2, 0) is 11.8 Å². The summed E-state index contributed by atoms with van der Waals surface area (Å²) in [5, 5.41) is 10.1. The van der Waals surface area contributed by atoms with Gasteiger partial charge in [-0.3, -0.25) is 14.3 Å². The molecule has 1 aromatic carbocycles. The number of carbonyl (C=O) groups excluding carboxylic acids is 2. The Hall–Kier alpha value is -3.30. The number of rotatable bonds is 7. The van der Waals surface area contributed by atoms with Crippen LogP contribution >= 0.6 is 0 Å². The number of benzene rings is 1. The third-order valence-corrected chi connectivity index (χ3v) is 6.96. The molecule has 4 rings (SSSR count). The van der Waals surface area contributed by atoms with Gasteiger partial charge in [0.2, 0.25) is 11.8 Å². The van der Waals surface area contributed by atoms with Crippen LogP contribution < -0.4 is 10.6 Å². The fraction of sp³-hybridized carbons (Fsp3) is 0.556. The molecule has 2 atom stereocenters. The minimum absolute atomic E-state index is 0.0163. The van der Waals surface area contributed by atoms with Crippen LogP contribution in [-0.4, -0.2) is 37.5 Å². The van der Waals surface area contributed by atoms with Crippen LogP contribution in [0.4, 0.5) is 8.78 Å². The molecule has 8 nitrogen and oxygen atoms in total. The van der Waals surface area contributed by atoms with Gasteiger partial charge in [-0.15, -0.1) is 0 Å². The second-order valence-electron chi connectivity index (χ2n) is 11.4. The fourth-order valence-corrected chi connectivity index (χ4v) is 4.94. The number of hydrogen-bond acceptors (Lipinski definition) is 4. The fourth-order valence-electron chi connectivity index (χ4n) is 4.94. The molecule has 200 valence electrons. The first-order valence-electron chi connectivity index (χ1n) is 12.8. The number of halogens is 2. The van der Waals surface area contributed by atoms with Crippen molar-refractivity contribution in [2.75, 3.05) is 0 Å². The number of hydrogen-bond donors (Lipinski definition) is 3. The Morgan fingerprint density at radius 1 is 1.19 bits per heavy atom. The zero-order valence-electron chi connectivity index (χ0n) is 22.1. The summed E-state index contributed by atoms with van der Waals surface area (Å²) < 4.78 is 29.3. The molecule has 1 fully saturated rings. The highest BCUT2D eigenvalue weighted by molar-refractivity contribution is 5.92. The summed E-state index contributed by atoms with van der Waals surface area (Å²) in [6, 6.07) is 6.57. The van der Waals surface area contributed by atoms with E-state index in [0.717, 1.165) is 11.1 Å². The van der Waals surface area contributed by atoms with E-state index in [-0.39, 0.29) is 54.9 Å². The second-order valence-corrected chi connectivity index (χ2v) is 11.4. The van der Waals surface area contributed by atoms with Gasteiger partial charge < -0.3 is 15.6 Å². The molecule has 0 radical (unpaired) electrons. The van der Waals surface area contributed by atoms with Crippen molar-refractivity contribution in [1.29, 1.82) is 0 Å². The number of amides is 2. The van der Waals surface area contributed by atoms with E-state index < -0.39 is 12.0 Å². The van der Waals surface area contributed by atoms with E-state index in [0.29, 0.717) is 23.5 Å². The second kappa shape index (κ2) is 10.2. The van der Waals surface area contributed by atoms with E-state index in [4.69, 9.17) is 4.98 Å². The molecule has 2 aromatic heterocycles. The highest BCUT2D eigenvalue weighted by Gasteiger charge is 2.39. The number of fused-ring (bicyclic) bond motifs is 1. The predicted molar refractivity (Wildman–Crippen MR) is 137 cm³/mol. The van der Waals surface area contributed by atoms with Crippen LogP contribution in [0.2, 0.25) is 0 Å². The van der Waals surface area contributed by atoms with Crippen molar-refractivity contribution >= 4 is 22.8 Å². The zero-order valence-corrected chi connectivity index (χ0v) is 22.1. The van der Waals surface area contributed by atoms with Gasteiger partial charge in [0.25, 0.3) is 5.91 Å². The van der Waals surface area contributed by atoms with Crippen molar-refractivity contribution in [2.24, 2.45) is 18.4 Å². The number of nitrogens with zero attached hydrogens (tertiary/aromatic N) is 3. The van der Waals surface area contributed by atoms with Gasteiger partial charge in [0.1, 0.15) is 11.5 Å². The van der Waals surface area contributed by atoms with Crippen molar-refractivity contribution in [3.05, 3.63) is 47.5 Å². The number of imidazole rings is 1. The molecule has 3 N–H and O–H groups in total. The molecule has 10 heteroatoms. The topological polar surface area (TPSA) is 105 Å². The lowest BCUT2D eigenvalue weighted by molar-refractivity contribution is -0.123. The SMILES string of the molecule is C[C@@H](NC(=O)CC(C)(C)C)c1ccc2nc([C@@H](NC(=O)c3ccnn3C)C3CCC(F)(F)CC3)[nH]c2c1. The molecule has 37 heavy (non-hydrogen) atoms. The lowest BCUT2D eigenvalue weighted by Gasteiger charge is -2.33. The normalized spacial score (nSPS) is 17.9.